The Morgan fingerprint density at radius 3 is 2.80 bits per heavy atom. The van der Waals surface area contributed by atoms with Crippen LogP contribution in [-0.2, 0) is 6.54 Å². The Balaban J connectivity index is 1.66. The second-order valence-electron chi connectivity index (χ2n) is 6.08. The SMILES string of the molecule is Oc1ccc(Br)cc1CN(CC1CCCCN1)C1CC1. The van der Waals surface area contributed by atoms with Gasteiger partial charge in [0, 0.05) is 35.2 Å². The summed E-state index contributed by atoms with van der Waals surface area (Å²) in [6.45, 7) is 3.12. The molecule has 1 aliphatic heterocycles. The van der Waals surface area contributed by atoms with Crippen LogP contribution in [0.3, 0.4) is 0 Å². The van der Waals surface area contributed by atoms with Crippen LogP contribution < -0.4 is 5.32 Å². The molecule has 1 heterocycles. The predicted octanol–water partition coefficient (Wildman–Crippen LogP) is 3.26. The fraction of sp³-hybridized carbons (Fsp3) is 0.625. The van der Waals surface area contributed by atoms with Gasteiger partial charge in [-0.05, 0) is 50.4 Å². The van der Waals surface area contributed by atoms with E-state index in [1.165, 1.54) is 32.1 Å². The molecule has 20 heavy (non-hydrogen) atoms. The number of benzene rings is 1. The van der Waals surface area contributed by atoms with Crippen LogP contribution in [0, 0.1) is 0 Å². The number of phenols is 1. The van der Waals surface area contributed by atoms with E-state index in [0.29, 0.717) is 11.8 Å². The fourth-order valence-electron chi connectivity index (χ4n) is 3.04. The Labute approximate surface area is 129 Å². The molecule has 110 valence electrons. The summed E-state index contributed by atoms with van der Waals surface area (Å²) in [5.41, 5.74) is 1.03. The van der Waals surface area contributed by atoms with Gasteiger partial charge in [0.2, 0.25) is 0 Å². The summed E-state index contributed by atoms with van der Waals surface area (Å²) in [5, 5.41) is 13.7. The van der Waals surface area contributed by atoms with Gasteiger partial charge in [-0.15, -0.1) is 0 Å². The van der Waals surface area contributed by atoms with Gasteiger partial charge in [-0.25, -0.2) is 0 Å². The summed E-state index contributed by atoms with van der Waals surface area (Å²) >= 11 is 3.50. The molecule has 1 saturated heterocycles. The average molecular weight is 339 g/mol. The van der Waals surface area contributed by atoms with E-state index in [0.717, 1.165) is 35.7 Å². The lowest BCUT2D eigenvalue weighted by molar-refractivity contribution is 0.206. The van der Waals surface area contributed by atoms with Crippen molar-refractivity contribution in [3.8, 4) is 5.75 Å². The Bertz CT molecular complexity index is 456. The maximum atomic E-state index is 10.0. The third-order valence-electron chi connectivity index (χ3n) is 4.35. The first-order valence-corrected chi connectivity index (χ1v) is 8.46. The van der Waals surface area contributed by atoms with Crippen molar-refractivity contribution in [1.82, 2.24) is 10.2 Å². The number of hydrogen-bond acceptors (Lipinski definition) is 3. The highest BCUT2D eigenvalue weighted by Gasteiger charge is 2.31. The molecule has 3 nitrogen and oxygen atoms in total. The second kappa shape index (κ2) is 6.46. The van der Waals surface area contributed by atoms with Crippen LogP contribution in [0.4, 0.5) is 0 Å². The van der Waals surface area contributed by atoms with Gasteiger partial charge in [0.15, 0.2) is 0 Å². The van der Waals surface area contributed by atoms with Crippen molar-refractivity contribution < 1.29 is 5.11 Å². The molecule has 1 aromatic rings. The van der Waals surface area contributed by atoms with Gasteiger partial charge < -0.3 is 10.4 Å². The first kappa shape index (κ1) is 14.4. The number of nitrogens with zero attached hydrogens (tertiary/aromatic N) is 1. The van der Waals surface area contributed by atoms with Crippen molar-refractivity contribution in [2.75, 3.05) is 13.1 Å². The summed E-state index contributed by atoms with van der Waals surface area (Å²) < 4.78 is 1.04. The normalized spacial score (nSPS) is 23.2. The maximum Gasteiger partial charge on any atom is 0.120 e. The minimum Gasteiger partial charge on any atom is -0.508 e. The number of nitrogens with one attached hydrogen (secondary N) is 1. The molecule has 1 unspecified atom stereocenters. The number of piperidine rings is 1. The fourth-order valence-corrected chi connectivity index (χ4v) is 3.45. The van der Waals surface area contributed by atoms with Gasteiger partial charge in [-0.1, -0.05) is 22.4 Å². The van der Waals surface area contributed by atoms with Gasteiger partial charge in [0.05, 0.1) is 0 Å². The van der Waals surface area contributed by atoms with Crippen molar-refractivity contribution in [2.24, 2.45) is 0 Å². The lowest BCUT2D eigenvalue weighted by Crippen LogP contribution is -2.44. The quantitative estimate of drug-likeness (QED) is 0.864. The summed E-state index contributed by atoms with van der Waals surface area (Å²) in [6.07, 6.45) is 6.56. The van der Waals surface area contributed by atoms with Crippen molar-refractivity contribution >= 4 is 15.9 Å². The molecule has 4 heteroatoms. The van der Waals surface area contributed by atoms with Crippen molar-refractivity contribution in [3.63, 3.8) is 0 Å². The second-order valence-corrected chi connectivity index (χ2v) is 7.00. The lowest BCUT2D eigenvalue weighted by Gasteiger charge is -2.31. The Kier molecular flexibility index (Phi) is 4.64. The highest BCUT2D eigenvalue weighted by molar-refractivity contribution is 9.10. The minimum atomic E-state index is 0.412. The van der Waals surface area contributed by atoms with Gasteiger partial charge in [0.25, 0.3) is 0 Å². The summed E-state index contributed by atoms with van der Waals surface area (Å²) in [7, 11) is 0. The molecule has 1 atom stereocenters. The van der Waals surface area contributed by atoms with E-state index in [-0.39, 0.29) is 0 Å². The molecule has 2 N–H and O–H groups in total. The van der Waals surface area contributed by atoms with Crippen LogP contribution in [0.15, 0.2) is 22.7 Å². The summed E-state index contributed by atoms with van der Waals surface area (Å²) in [5.74, 6) is 0.412. The van der Waals surface area contributed by atoms with E-state index < -0.39 is 0 Å². The van der Waals surface area contributed by atoms with Gasteiger partial charge in [0.1, 0.15) is 5.75 Å². The van der Waals surface area contributed by atoms with Gasteiger partial charge in [-0.2, -0.15) is 0 Å². The number of hydrogen-bond donors (Lipinski definition) is 2. The topological polar surface area (TPSA) is 35.5 Å². The molecule has 2 fully saturated rings. The zero-order valence-corrected chi connectivity index (χ0v) is 13.4. The van der Waals surface area contributed by atoms with Crippen LogP contribution in [0.5, 0.6) is 5.75 Å². The lowest BCUT2D eigenvalue weighted by atomic mass is 10.0. The Hall–Kier alpha value is -0.580. The van der Waals surface area contributed by atoms with E-state index >= 15 is 0 Å². The zero-order chi connectivity index (χ0) is 13.9. The van der Waals surface area contributed by atoms with Crippen LogP contribution in [0.25, 0.3) is 0 Å². The van der Waals surface area contributed by atoms with E-state index in [9.17, 15) is 5.11 Å². The van der Waals surface area contributed by atoms with Crippen LogP contribution in [0.2, 0.25) is 0 Å². The Morgan fingerprint density at radius 2 is 2.10 bits per heavy atom. The molecule has 0 radical (unpaired) electrons. The van der Waals surface area contributed by atoms with Gasteiger partial charge in [-0.3, -0.25) is 4.90 Å². The van der Waals surface area contributed by atoms with Crippen molar-refractivity contribution in [2.45, 2.75) is 50.7 Å². The molecular weight excluding hydrogens is 316 g/mol. The van der Waals surface area contributed by atoms with Gasteiger partial charge >= 0.3 is 0 Å². The Morgan fingerprint density at radius 1 is 1.25 bits per heavy atom. The van der Waals surface area contributed by atoms with E-state index in [1.54, 1.807) is 6.07 Å². The average Bonchev–Trinajstić information content (AvgIpc) is 3.28. The molecule has 2 aliphatic rings. The molecule has 1 aliphatic carbocycles. The third-order valence-corrected chi connectivity index (χ3v) is 4.84. The number of aromatic hydroxyl groups is 1. The molecular formula is C16H23BrN2O. The van der Waals surface area contributed by atoms with Crippen LogP contribution >= 0.6 is 15.9 Å². The van der Waals surface area contributed by atoms with E-state index in [2.05, 4.69) is 26.1 Å². The summed E-state index contributed by atoms with van der Waals surface area (Å²) in [6, 6.07) is 7.06. The van der Waals surface area contributed by atoms with Crippen molar-refractivity contribution in [3.05, 3.63) is 28.2 Å². The molecule has 0 amide bonds. The highest BCUT2D eigenvalue weighted by Crippen LogP contribution is 2.31. The van der Waals surface area contributed by atoms with Crippen molar-refractivity contribution in [1.29, 1.82) is 0 Å². The largest absolute Gasteiger partial charge is 0.508 e. The molecule has 0 spiro atoms. The monoisotopic (exact) mass is 338 g/mol. The predicted molar refractivity (Wildman–Crippen MR) is 84.9 cm³/mol. The smallest absolute Gasteiger partial charge is 0.120 e. The standard InChI is InChI=1S/C16H23BrN2O/c17-13-4-7-16(20)12(9-13)10-19(15-5-6-15)11-14-3-1-2-8-18-14/h4,7,9,14-15,18,20H,1-3,5-6,8,10-11H2. The number of phenolic OH excluding ortho intramolecular Hbond substituents is 1. The zero-order valence-electron chi connectivity index (χ0n) is 11.8. The molecule has 3 rings (SSSR count). The highest BCUT2D eigenvalue weighted by atomic mass is 79.9. The first-order chi connectivity index (χ1) is 9.72. The summed E-state index contributed by atoms with van der Waals surface area (Å²) in [4.78, 5) is 2.55. The molecule has 0 aromatic heterocycles. The first-order valence-electron chi connectivity index (χ1n) is 7.67. The molecule has 1 aromatic carbocycles. The molecule has 0 bridgehead atoms. The molecule has 1 saturated carbocycles. The van der Waals surface area contributed by atoms with Crippen LogP contribution in [-0.4, -0.2) is 35.2 Å². The number of rotatable bonds is 5. The number of halogens is 1. The minimum absolute atomic E-state index is 0.412. The maximum absolute atomic E-state index is 10.0. The van der Waals surface area contributed by atoms with E-state index in [4.69, 9.17) is 0 Å². The van der Waals surface area contributed by atoms with E-state index in [1.807, 2.05) is 12.1 Å². The van der Waals surface area contributed by atoms with Crippen LogP contribution in [0.1, 0.15) is 37.7 Å². The third kappa shape index (κ3) is 3.74.